The van der Waals surface area contributed by atoms with Gasteiger partial charge < -0.3 is 16.4 Å². The number of carbonyl (C=O) groups excluding carboxylic acids is 2. The Morgan fingerprint density at radius 1 is 1.08 bits per heavy atom. The molecule has 1 fully saturated rings. The number of carbonyl (C=O) groups is 2. The van der Waals surface area contributed by atoms with Crippen LogP contribution >= 0.6 is 0 Å². The lowest BCUT2D eigenvalue weighted by Crippen LogP contribution is -2.32. The number of anilines is 1. The molecule has 0 aliphatic heterocycles. The van der Waals surface area contributed by atoms with Crippen molar-refractivity contribution < 1.29 is 14.0 Å². The van der Waals surface area contributed by atoms with Gasteiger partial charge in [0.15, 0.2) is 0 Å². The summed E-state index contributed by atoms with van der Waals surface area (Å²) in [6, 6.07) is 12.0. The normalized spacial score (nSPS) is 15.4. The lowest BCUT2D eigenvalue weighted by Gasteiger charge is -2.25. The molecule has 1 atom stereocenters. The average molecular weight is 355 g/mol. The van der Waals surface area contributed by atoms with E-state index in [9.17, 15) is 14.0 Å². The summed E-state index contributed by atoms with van der Waals surface area (Å²) in [5, 5.41) is 5.55. The molecule has 0 spiro atoms. The van der Waals surface area contributed by atoms with Crippen molar-refractivity contribution in [1.82, 2.24) is 5.32 Å². The number of hydrogen-bond donors (Lipinski definition) is 3. The van der Waals surface area contributed by atoms with E-state index >= 15 is 0 Å². The lowest BCUT2D eigenvalue weighted by atomic mass is 9.91. The van der Waals surface area contributed by atoms with Gasteiger partial charge in [0.2, 0.25) is 0 Å². The Balaban J connectivity index is 1.81. The van der Waals surface area contributed by atoms with Crippen LogP contribution in [-0.4, -0.2) is 11.9 Å². The molecule has 3 amide bonds. The number of benzene rings is 2. The van der Waals surface area contributed by atoms with Crippen LogP contribution in [0.25, 0.3) is 0 Å². The Bertz CT molecular complexity index is 786. The second kappa shape index (κ2) is 7.99. The molecule has 26 heavy (non-hydrogen) atoms. The SMILES string of the molecule is NC(=O)Nc1cccc(C(=O)NC(c2ccc(F)cc2)C2CCCC2)c1. The van der Waals surface area contributed by atoms with Gasteiger partial charge in [-0.3, -0.25) is 4.79 Å². The molecule has 1 aliphatic carbocycles. The van der Waals surface area contributed by atoms with Crippen LogP contribution in [0.15, 0.2) is 48.5 Å². The summed E-state index contributed by atoms with van der Waals surface area (Å²) in [4.78, 5) is 23.8. The molecule has 1 aliphatic rings. The van der Waals surface area contributed by atoms with Crippen LogP contribution in [0.1, 0.15) is 47.6 Å². The molecule has 0 bridgehead atoms. The minimum atomic E-state index is -0.683. The zero-order valence-corrected chi connectivity index (χ0v) is 14.4. The first-order valence-electron chi connectivity index (χ1n) is 8.76. The predicted molar refractivity (Wildman–Crippen MR) is 98.2 cm³/mol. The minimum Gasteiger partial charge on any atom is -0.351 e. The Hall–Kier alpha value is -2.89. The highest BCUT2D eigenvalue weighted by Gasteiger charge is 2.28. The van der Waals surface area contributed by atoms with Crippen molar-refractivity contribution in [1.29, 1.82) is 0 Å². The van der Waals surface area contributed by atoms with Gasteiger partial charge in [0.25, 0.3) is 5.91 Å². The molecule has 5 nitrogen and oxygen atoms in total. The first-order valence-corrected chi connectivity index (χ1v) is 8.76. The summed E-state index contributed by atoms with van der Waals surface area (Å²) in [6.45, 7) is 0. The van der Waals surface area contributed by atoms with E-state index < -0.39 is 6.03 Å². The van der Waals surface area contributed by atoms with Crippen LogP contribution in [0.4, 0.5) is 14.9 Å². The molecule has 3 rings (SSSR count). The number of amides is 3. The number of nitrogens with one attached hydrogen (secondary N) is 2. The summed E-state index contributed by atoms with van der Waals surface area (Å²) in [6.07, 6.45) is 4.34. The second-order valence-electron chi connectivity index (χ2n) is 6.62. The molecule has 0 radical (unpaired) electrons. The Labute approximate surface area is 151 Å². The number of hydrogen-bond acceptors (Lipinski definition) is 2. The first kappa shape index (κ1) is 17.9. The van der Waals surface area contributed by atoms with E-state index in [0.717, 1.165) is 31.2 Å². The van der Waals surface area contributed by atoms with Crippen molar-refractivity contribution in [3.63, 3.8) is 0 Å². The zero-order valence-electron chi connectivity index (χ0n) is 14.4. The van der Waals surface area contributed by atoms with Crippen molar-refractivity contribution in [3.8, 4) is 0 Å². The Morgan fingerprint density at radius 3 is 2.42 bits per heavy atom. The first-order chi connectivity index (χ1) is 12.5. The maximum Gasteiger partial charge on any atom is 0.316 e. The lowest BCUT2D eigenvalue weighted by molar-refractivity contribution is 0.0921. The smallest absolute Gasteiger partial charge is 0.316 e. The summed E-state index contributed by atoms with van der Waals surface area (Å²) in [7, 11) is 0. The summed E-state index contributed by atoms with van der Waals surface area (Å²) in [5.74, 6) is -0.203. The van der Waals surface area contributed by atoms with E-state index in [1.165, 1.54) is 12.1 Å². The standard InChI is InChI=1S/C20H22FN3O2/c21-16-10-8-14(9-11-16)18(13-4-1-2-5-13)24-19(25)15-6-3-7-17(12-15)23-20(22)26/h3,6-13,18H,1-2,4-5H2,(H,24,25)(H3,22,23,26). The van der Waals surface area contributed by atoms with Gasteiger partial charge in [0.05, 0.1) is 6.04 Å². The fourth-order valence-electron chi connectivity index (χ4n) is 3.54. The fraction of sp³-hybridized carbons (Fsp3) is 0.300. The Morgan fingerprint density at radius 2 is 1.77 bits per heavy atom. The monoisotopic (exact) mass is 355 g/mol. The number of urea groups is 1. The van der Waals surface area contributed by atoms with Gasteiger partial charge in [-0.05, 0) is 54.7 Å². The number of primary amides is 1. The topological polar surface area (TPSA) is 84.2 Å². The maximum absolute atomic E-state index is 13.3. The van der Waals surface area contributed by atoms with Crippen LogP contribution in [-0.2, 0) is 0 Å². The molecular weight excluding hydrogens is 333 g/mol. The molecule has 2 aromatic rings. The van der Waals surface area contributed by atoms with Crippen LogP contribution < -0.4 is 16.4 Å². The Kier molecular flexibility index (Phi) is 5.51. The average Bonchev–Trinajstić information content (AvgIpc) is 3.14. The van der Waals surface area contributed by atoms with E-state index in [0.29, 0.717) is 17.2 Å². The van der Waals surface area contributed by atoms with Crippen LogP contribution in [0, 0.1) is 11.7 Å². The van der Waals surface area contributed by atoms with Crippen molar-refractivity contribution >= 4 is 17.6 Å². The largest absolute Gasteiger partial charge is 0.351 e. The fourth-order valence-corrected chi connectivity index (χ4v) is 3.54. The van der Waals surface area contributed by atoms with E-state index in [1.54, 1.807) is 36.4 Å². The molecule has 0 aromatic heterocycles. The molecular formula is C20H22FN3O2. The zero-order chi connectivity index (χ0) is 18.5. The number of nitrogens with two attached hydrogens (primary N) is 1. The van der Waals surface area contributed by atoms with E-state index in [4.69, 9.17) is 5.73 Å². The van der Waals surface area contributed by atoms with Crippen LogP contribution in [0.3, 0.4) is 0 Å². The molecule has 0 saturated heterocycles. The third kappa shape index (κ3) is 4.39. The molecule has 136 valence electrons. The molecule has 2 aromatic carbocycles. The van der Waals surface area contributed by atoms with E-state index in [2.05, 4.69) is 10.6 Å². The van der Waals surface area contributed by atoms with Crippen molar-refractivity contribution in [2.75, 3.05) is 5.32 Å². The van der Waals surface area contributed by atoms with Gasteiger partial charge in [-0.1, -0.05) is 31.0 Å². The molecule has 1 saturated carbocycles. The maximum atomic E-state index is 13.3. The quantitative estimate of drug-likeness (QED) is 0.758. The van der Waals surface area contributed by atoms with Crippen molar-refractivity contribution in [2.45, 2.75) is 31.7 Å². The van der Waals surface area contributed by atoms with Crippen LogP contribution in [0.2, 0.25) is 0 Å². The van der Waals surface area contributed by atoms with E-state index in [-0.39, 0.29) is 17.8 Å². The van der Waals surface area contributed by atoms with Gasteiger partial charge in [-0.25, -0.2) is 9.18 Å². The highest BCUT2D eigenvalue weighted by molar-refractivity contribution is 5.96. The highest BCUT2D eigenvalue weighted by Crippen LogP contribution is 2.36. The summed E-state index contributed by atoms with van der Waals surface area (Å²) < 4.78 is 13.3. The number of halogens is 1. The third-order valence-electron chi connectivity index (χ3n) is 4.78. The van der Waals surface area contributed by atoms with Gasteiger partial charge in [-0.15, -0.1) is 0 Å². The molecule has 6 heteroatoms. The van der Waals surface area contributed by atoms with Crippen LogP contribution in [0.5, 0.6) is 0 Å². The van der Waals surface area contributed by atoms with E-state index in [1.807, 2.05) is 0 Å². The minimum absolute atomic E-state index is 0.168. The highest BCUT2D eigenvalue weighted by atomic mass is 19.1. The van der Waals surface area contributed by atoms with Gasteiger partial charge in [0, 0.05) is 11.3 Å². The molecule has 4 N–H and O–H groups in total. The van der Waals surface area contributed by atoms with Crippen molar-refractivity contribution in [3.05, 3.63) is 65.5 Å². The van der Waals surface area contributed by atoms with Gasteiger partial charge in [0.1, 0.15) is 5.82 Å². The van der Waals surface area contributed by atoms with Gasteiger partial charge in [-0.2, -0.15) is 0 Å². The van der Waals surface area contributed by atoms with Gasteiger partial charge >= 0.3 is 6.03 Å². The summed E-state index contributed by atoms with van der Waals surface area (Å²) >= 11 is 0. The third-order valence-corrected chi connectivity index (χ3v) is 4.78. The predicted octanol–water partition coefficient (Wildman–Crippen LogP) is 3.98. The second-order valence-corrected chi connectivity index (χ2v) is 6.62. The molecule has 0 heterocycles. The number of rotatable bonds is 5. The molecule has 1 unspecified atom stereocenters. The summed E-state index contributed by atoms with van der Waals surface area (Å²) in [5.41, 5.74) is 6.92. The van der Waals surface area contributed by atoms with Crippen molar-refractivity contribution in [2.24, 2.45) is 11.7 Å².